The van der Waals surface area contributed by atoms with Crippen LogP contribution in [0.25, 0.3) is 0 Å². The van der Waals surface area contributed by atoms with Crippen molar-refractivity contribution in [2.24, 2.45) is 0 Å². The van der Waals surface area contributed by atoms with Crippen LogP contribution in [0, 0.1) is 18.3 Å². The molecule has 0 aliphatic rings. The Morgan fingerprint density at radius 2 is 2.10 bits per heavy atom. The molecule has 1 atom stereocenters. The number of halogens is 1. The second kappa shape index (κ2) is 6.08. The van der Waals surface area contributed by atoms with Gasteiger partial charge in [0.1, 0.15) is 0 Å². The molecule has 0 bridgehead atoms. The van der Waals surface area contributed by atoms with E-state index >= 15 is 0 Å². The van der Waals surface area contributed by atoms with E-state index in [9.17, 15) is 4.21 Å². The zero-order valence-corrected chi connectivity index (χ0v) is 12.5. The molecule has 0 heterocycles. The molecule has 5 heteroatoms. The molecule has 0 aliphatic carbocycles. The predicted octanol–water partition coefficient (Wildman–Crippen LogP) is 3.41. The van der Waals surface area contributed by atoms with Gasteiger partial charge in [-0.25, -0.2) is 0 Å². The van der Waals surface area contributed by atoms with Crippen LogP contribution in [0.5, 0.6) is 0 Å². The van der Waals surface area contributed by atoms with Crippen molar-refractivity contribution in [1.82, 2.24) is 0 Å². The Balaban J connectivity index is 2.31. The first-order chi connectivity index (χ1) is 9.52. The summed E-state index contributed by atoms with van der Waals surface area (Å²) >= 11 is 6.06. The maximum absolute atomic E-state index is 12.4. The topological polar surface area (TPSA) is 66.9 Å². The second-order valence-electron chi connectivity index (χ2n) is 4.40. The standard InChI is InChI=1S/C15H13ClN2OS/c1-10-7-11(8-17)5-6-12(10)9-20(19)15-13(16)3-2-4-14(15)18/h2-7H,9,18H2,1H3. The highest BCUT2D eigenvalue weighted by molar-refractivity contribution is 7.84. The van der Waals surface area contributed by atoms with Gasteiger partial charge in [-0.15, -0.1) is 0 Å². The van der Waals surface area contributed by atoms with Crippen molar-refractivity contribution in [3.05, 3.63) is 58.1 Å². The number of nitrogens with zero attached hydrogens (tertiary/aromatic N) is 1. The highest BCUT2D eigenvalue weighted by atomic mass is 35.5. The van der Waals surface area contributed by atoms with Gasteiger partial charge in [-0.3, -0.25) is 4.21 Å². The highest BCUT2D eigenvalue weighted by Crippen LogP contribution is 2.28. The van der Waals surface area contributed by atoms with E-state index in [-0.39, 0.29) is 0 Å². The quantitative estimate of drug-likeness (QED) is 0.884. The Bertz CT molecular complexity index is 702. The molecule has 2 aromatic rings. The molecule has 2 N–H and O–H groups in total. The van der Waals surface area contributed by atoms with Crippen LogP contribution in [0.1, 0.15) is 16.7 Å². The number of anilines is 1. The van der Waals surface area contributed by atoms with Crippen LogP contribution in [-0.2, 0) is 16.6 Å². The number of nitriles is 1. The number of benzene rings is 2. The van der Waals surface area contributed by atoms with E-state index in [1.807, 2.05) is 13.0 Å². The molecule has 0 spiro atoms. The van der Waals surface area contributed by atoms with Gasteiger partial charge in [0, 0.05) is 5.69 Å². The summed E-state index contributed by atoms with van der Waals surface area (Å²) in [6, 6.07) is 12.5. The van der Waals surface area contributed by atoms with Crippen molar-refractivity contribution in [3.63, 3.8) is 0 Å². The van der Waals surface area contributed by atoms with Crippen LogP contribution >= 0.6 is 11.6 Å². The molecular formula is C15H13ClN2OS. The molecule has 2 rings (SSSR count). The third-order valence-corrected chi connectivity index (χ3v) is 4.89. The molecule has 0 aromatic heterocycles. The predicted molar refractivity (Wildman–Crippen MR) is 81.9 cm³/mol. The van der Waals surface area contributed by atoms with Crippen molar-refractivity contribution in [2.75, 3.05) is 5.73 Å². The fourth-order valence-electron chi connectivity index (χ4n) is 1.91. The van der Waals surface area contributed by atoms with Gasteiger partial charge in [-0.05, 0) is 42.3 Å². The second-order valence-corrected chi connectivity index (χ2v) is 6.20. The third-order valence-electron chi connectivity index (χ3n) is 2.98. The molecule has 1 unspecified atom stereocenters. The molecule has 0 aliphatic heterocycles. The first-order valence-electron chi connectivity index (χ1n) is 5.95. The molecule has 0 fully saturated rings. The van der Waals surface area contributed by atoms with Crippen molar-refractivity contribution in [1.29, 1.82) is 5.26 Å². The van der Waals surface area contributed by atoms with Crippen molar-refractivity contribution in [2.45, 2.75) is 17.6 Å². The molecule has 0 saturated heterocycles. The van der Waals surface area contributed by atoms with E-state index in [1.165, 1.54) is 0 Å². The van der Waals surface area contributed by atoms with Gasteiger partial charge in [0.05, 0.1) is 38.1 Å². The lowest BCUT2D eigenvalue weighted by molar-refractivity contribution is 0.683. The summed E-state index contributed by atoms with van der Waals surface area (Å²) in [4.78, 5) is 0.470. The van der Waals surface area contributed by atoms with E-state index in [0.29, 0.717) is 26.9 Å². The fraction of sp³-hybridized carbons (Fsp3) is 0.133. The minimum absolute atomic E-state index is 0.325. The lowest BCUT2D eigenvalue weighted by Gasteiger charge is -2.10. The summed E-state index contributed by atoms with van der Waals surface area (Å²) in [5.74, 6) is 0.325. The van der Waals surface area contributed by atoms with E-state index in [1.54, 1.807) is 30.3 Å². The minimum Gasteiger partial charge on any atom is -0.398 e. The van der Waals surface area contributed by atoms with Crippen LogP contribution in [0.3, 0.4) is 0 Å². The average molecular weight is 305 g/mol. The average Bonchev–Trinajstić information content (AvgIpc) is 2.41. The molecule has 0 radical (unpaired) electrons. The van der Waals surface area contributed by atoms with Crippen LogP contribution < -0.4 is 5.73 Å². The summed E-state index contributed by atoms with van der Waals surface area (Å²) in [6.07, 6.45) is 0. The lowest BCUT2D eigenvalue weighted by atomic mass is 10.1. The van der Waals surface area contributed by atoms with Gasteiger partial charge >= 0.3 is 0 Å². The summed E-state index contributed by atoms with van der Waals surface area (Å²) in [6.45, 7) is 1.89. The van der Waals surface area contributed by atoms with Gasteiger partial charge < -0.3 is 5.73 Å². The van der Waals surface area contributed by atoms with Gasteiger partial charge in [0.2, 0.25) is 0 Å². The number of hydrogen-bond donors (Lipinski definition) is 1. The van der Waals surface area contributed by atoms with Crippen molar-refractivity contribution >= 4 is 28.1 Å². The van der Waals surface area contributed by atoms with Crippen LogP contribution in [0.15, 0.2) is 41.3 Å². The van der Waals surface area contributed by atoms with Crippen LogP contribution in [-0.4, -0.2) is 4.21 Å². The van der Waals surface area contributed by atoms with Crippen LogP contribution in [0.4, 0.5) is 5.69 Å². The molecule has 0 saturated carbocycles. The maximum Gasteiger partial charge on any atom is 0.0991 e. The number of hydrogen-bond acceptors (Lipinski definition) is 3. The summed E-state index contributed by atoms with van der Waals surface area (Å²) in [7, 11) is -1.32. The SMILES string of the molecule is Cc1cc(C#N)ccc1CS(=O)c1c(N)cccc1Cl. The van der Waals surface area contributed by atoms with Gasteiger partial charge in [0.15, 0.2) is 0 Å². The van der Waals surface area contributed by atoms with Gasteiger partial charge in [-0.2, -0.15) is 5.26 Å². The van der Waals surface area contributed by atoms with Crippen LogP contribution in [0.2, 0.25) is 5.02 Å². The maximum atomic E-state index is 12.4. The Labute approximate surface area is 125 Å². The molecule has 2 aromatic carbocycles. The Kier molecular flexibility index (Phi) is 4.43. The smallest absolute Gasteiger partial charge is 0.0991 e. The molecule has 3 nitrogen and oxygen atoms in total. The summed E-state index contributed by atoms with van der Waals surface area (Å²) < 4.78 is 12.4. The summed E-state index contributed by atoms with van der Waals surface area (Å²) in [5.41, 5.74) is 8.72. The highest BCUT2D eigenvalue weighted by Gasteiger charge is 2.14. The van der Waals surface area contributed by atoms with E-state index in [0.717, 1.165) is 11.1 Å². The lowest BCUT2D eigenvalue weighted by Crippen LogP contribution is -2.03. The summed E-state index contributed by atoms with van der Waals surface area (Å²) in [5, 5.41) is 9.25. The Hall–Kier alpha value is -1.83. The molecule has 102 valence electrons. The number of rotatable bonds is 3. The van der Waals surface area contributed by atoms with Crippen molar-refractivity contribution in [3.8, 4) is 6.07 Å². The largest absolute Gasteiger partial charge is 0.398 e. The molecule has 20 heavy (non-hydrogen) atoms. The van der Waals surface area contributed by atoms with E-state index in [2.05, 4.69) is 6.07 Å². The number of nitrogen functional groups attached to an aromatic ring is 1. The zero-order chi connectivity index (χ0) is 14.7. The minimum atomic E-state index is -1.32. The monoisotopic (exact) mass is 304 g/mol. The Morgan fingerprint density at radius 1 is 1.35 bits per heavy atom. The Morgan fingerprint density at radius 3 is 2.70 bits per heavy atom. The third kappa shape index (κ3) is 3.01. The first-order valence-corrected chi connectivity index (χ1v) is 7.64. The fourth-order valence-corrected chi connectivity index (χ4v) is 3.71. The van der Waals surface area contributed by atoms with E-state index in [4.69, 9.17) is 22.6 Å². The van der Waals surface area contributed by atoms with E-state index < -0.39 is 10.8 Å². The van der Waals surface area contributed by atoms with Gasteiger partial charge in [0.25, 0.3) is 0 Å². The molecule has 0 amide bonds. The normalized spacial score (nSPS) is 11.8. The number of nitrogens with two attached hydrogens (primary N) is 1. The zero-order valence-electron chi connectivity index (χ0n) is 10.9. The van der Waals surface area contributed by atoms with Gasteiger partial charge in [-0.1, -0.05) is 23.7 Å². The van der Waals surface area contributed by atoms with Crippen molar-refractivity contribution < 1.29 is 4.21 Å². The molecular weight excluding hydrogens is 292 g/mol. The first kappa shape index (κ1) is 14.6. The number of aryl methyl sites for hydroxylation is 1.